The van der Waals surface area contributed by atoms with Crippen LogP contribution in [0, 0.1) is 5.92 Å². The molecule has 2 N–H and O–H groups in total. The summed E-state index contributed by atoms with van der Waals surface area (Å²) in [5.74, 6) is 1.74. The van der Waals surface area contributed by atoms with Crippen molar-refractivity contribution >= 4 is 27.4 Å². The zero-order chi connectivity index (χ0) is 13.1. The molecule has 100 valence electrons. The number of rotatable bonds is 3. The Morgan fingerprint density at radius 3 is 2.78 bits per heavy atom. The van der Waals surface area contributed by atoms with Gasteiger partial charge >= 0.3 is 0 Å². The highest BCUT2D eigenvalue weighted by Crippen LogP contribution is 2.26. The van der Waals surface area contributed by atoms with Gasteiger partial charge in [0.1, 0.15) is 5.82 Å². The Kier molecular flexibility index (Phi) is 4.45. The number of pyridine rings is 1. The summed E-state index contributed by atoms with van der Waals surface area (Å²) >= 11 is 3.53. The third-order valence-electron chi connectivity index (χ3n) is 3.57. The summed E-state index contributed by atoms with van der Waals surface area (Å²) in [5.41, 5.74) is 6.40. The molecule has 1 aliphatic rings. The lowest BCUT2D eigenvalue weighted by atomic mass is 9.97. The molecule has 0 bridgehead atoms. The van der Waals surface area contributed by atoms with Crippen LogP contribution < -0.4 is 10.6 Å². The summed E-state index contributed by atoms with van der Waals surface area (Å²) in [5, 5.41) is 0. The Labute approximate surface area is 117 Å². The molecule has 0 unspecified atom stereocenters. The van der Waals surface area contributed by atoms with Crippen LogP contribution in [0.25, 0.3) is 0 Å². The number of anilines is 2. The average molecular weight is 313 g/mol. The first-order valence-corrected chi connectivity index (χ1v) is 7.16. The second-order valence-corrected chi connectivity index (χ2v) is 6.06. The predicted octanol–water partition coefficient (Wildman–Crippen LogP) is 2.20. The second kappa shape index (κ2) is 5.89. The SMILES string of the molecule is CN1CCC(CN(C)c2ncc(N)cc2Br)CC1. The number of nitrogen functional groups attached to an aromatic ring is 1. The molecule has 1 saturated heterocycles. The molecule has 4 nitrogen and oxygen atoms in total. The third-order valence-corrected chi connectivity index (χ3v) is 4.16. The van der Waals surface area contributed by atoms with Crippen molar-refractivity contribution < 1.29 is 0 Å². The van der Waals surface area contributed by atoms with E-state index in [1.807, 2.05) is 6.07 Å². The normalized spacial score (nSPS) is 17.9. The van der Waals surface area contributed by atoms with Crippen LogP contribution in [0.3, 0.4) is 0 Å². The zero-order valence-corrected chi connectivity index (χ0v) is 12.7. The molecule has 5 heteroatoms. The Morgan fingerprint density at radius 1 is 1.50 bits per heavy atom. The van der Waals surface area contributed by atoms with Crippen LogP contribution in [0.15, 0.2) is 16.7 Å². The number of likely N-dealkylation sites (tertiary alicyclic amines) is 1. The smallest absolute Gasteiger partial charge is 0.142 e. The fourth-order valence-electron chi connectivity index (χ4n) is 2.44. The molecule has 0 radical (unpaired) electrons. The fraction of sp³-hybridized carbons (Fsp3) is 0.615. The van der Waals surface area contributed by atoms with Gasteiger partial charge in [-0.1, -0.05) is 0 Å². The van der Waals surface area contributed by atoms with E-state index in [1.54, 1.807) is 6.20 Å². The molecule has 0 aromatic carbocycles. The predicted molar refractivity (Wildman–Crippen MR) is 79.8 cm³/mol. The number of piperidine rings is 1. The molecule has 0 spiro atoms. The first-order valence-electron chi connectivity index (χ1n) is 6.37. The Morgan fingerprint density at radius 2 is 2.17 bits per heavy atom. The number of aromatic nitrogens is 1. The highest BCUT2D eigenvalue weighted by atomic mass is 79.9. The highest BCUT2D eigenvalue weighted by Gasteiger charge is 2.19. The Balaban J connectivity index is 1.97. The summed E-state index contributed by atoms with van der Waals surface area (Å²) in [6.45, 7) is 3.47. The van der Waals surface area contributed by atoms with E-state index in [-0.39, 0.29) is 0 Å². The lowest BCUT2D eigenvalue weighted by Crippen LogP contribution is -2.36. The van der Waals surface area contributed by atoms with Crippen LogP contribution in [-0.2, 0) is 0 Å². The minimum atomic E-state index is 0.693. The third kappa shape index (κ3) is 3.36. The van der Waals surface area contributed by atoms with E-state index in [4.69, 9.17) is 5.73 Å². The van der Waals surface area contributed by atoms with Crippen LogP contribution in [-0.4, -0.2) is 43.6 Å². The largest absolute Gasteiger partial charge is 0.397 e. The fourth-order valence-corrected chi connectivity index (χ4v) is 3.11. The van der Waals surface area contributed by atoms with Crippen molar-refractivity contribution in [2.75, 3.05) is 44.4 Å². The van der Waals surface area contributed by atoms with Crippen molar-refractivity contribution in [3.63, 3.8) is 0 Å². The summed E-state index contributed by atoms with van der Waals surface area (Å²) in [6.07, 6.45) is 4.26. The van der Waals surface area contributed by atoms with Gasteiger partial charge in [0.25, 0.3) is 0 Å². The molecular weight excluding hydrogens is 292 g/mol. The first kappa shape index (κ1) is 13.6. The van der Waals surface area contributed by atoms with Gasteiger partial charge in [-0.25, -0.2) is 4.98 Å². The van der Waals surface area contributed by atoms with Gasteiger partial charge in [0.2, 0.25) is 0 Å². The molecule has 1 aromatic rings. The number of nitrogens with zero attached hydrogens (tertiary/aromatic N) is 3. The molecule has 2 heterocycles. The summed E-state index contributed by atoms with van der Waals surface area (Å²) in [6, 6.07) is 1.91. The number of hydrogen-bond acceptors (Lipinski definition) is 4. The molecule has 1 aliphatic heterocycles. The summed E-state index contributed by atoms with van der Waals surface area (Å²) < 4.78 is 0.970. The van der Waals surface area contributed by atoms with Gasteiger partial charge in [0, 0.05) is 13.6 Å². The van der Waals surface area contributed by atoms with E-state index in [2.05, 4.69) is 44.8 Å². The number of hydrogen-bond donors (Lipinski definition) is 1. The highest BCUT2D eigenvalue weighted by molar-refractivity contribution is 9.10. The summed E-state index contributed by atoms with van der Waals surface area (Å²) in [7, 11) is 4.29. The quantitative estimate of drug-likeness (QED) is 0.929. The van der Waals surface area contributed by atoms with Gasteiger partial charge in [0.05, 0.1) is 16.4 Å². The van der Waals surface area contributed by atoms with Gasteiger partial charge in [-0.3, -0.25) is 0 Å². The van der Waals surface area contributed by atoms with Gasteiger partial charge in [-0.2, -0.15) is 0 Å². The maximum atomic E-state index is 5.71. The van der Waals surface area contributed by atoms with Crippen molar-refractivity contribution in [3.8, 4) is 0 Å². The van der Waals surface area contributed by atoms with E-state index in [1.165, 1.54) is 25.9 Å². The molecule has 2 rings (SSSR count). The topological polar surface area (TPSA) is 45.4 Å². The van der Waals surface area contributed by atoms with Crippen molar-refractivity contribution in [2.45, 2.75) is 12.8 Å². The van der Waals surface area contributed by atoms with Crippen molar-refractivity contribution in [1.82, 2.24) is 9.88 Å². The first-order chi connectivity index (χ1) is 8.56. The van der Waals surface area contributed by atoms with E-state index in [0.29, 0.717) is 5.69 Å². The van der Waals surface area contributed by atoms with Gasteiger partial charge in [0.15, 0.2) is 0 Å². The van der Waals surface area contributed by atoms with Crippen LogP contribution in [0.4, 0.5) is 11.5 Å². The summed E-state index contributed by atoms with van der Waals surface area (Å²) in [4.78, 5) is 9.02. The van der Waals surface area contributed by atoms with Crippen molar-refractivity contribution in [1.29, 1.82) is 0 Å². The minimum absolute atomic E-state index is 0.693. The molecule has 18 heavy (non-hydrogen) atoms. The number of halogens is 1. The van der Waals surface area contributed by atoms with Crippen LogP contribution in [0.1, 0.15) is 12.8 Å². The molecule has 1 fully saturated rings. The van der Waals surface area contributed by atoms with E-state index in [9.17, 15) is 0 Å². The molecule has 0 atom stereocenters. The molecule has 0 saturated carbocycles. The molecule has 1 aromatic heterocycles. The van der Waals surface area contributed by atoms with Crippen LogP contribution in [0.2, 0.25) is 0 Å². The van der Waals surface area contributed by atoms with Gasteiger partial charge < -0.3 is 15.5 Å². The minimum Gasteiger partial charge on any atom is -0.397 e. The lowest BCUT2D eigenvalue weighted by molar-refractivity contribution is 0.222. The molecule has 0 aliphatic carbocycles. The van der Waals surface area contributed by atoms with Crippen molar-refractivity contribution in [2.24, 2.45) is 5.92 Å². The lowest BCUT2D eigenvalue weighted by Gasteiger charge is -2.32. The zero-order valence-electron chi connectivity index (χ0n) is 11.1. The Hall–Kier alpha value is -0.810. The Bertz CT molecular complexity index is 402. The van der Waals surface area contributed by atoms with E-state index in [0.717, 1.165) is 22.8 Å². The average Bonchev–Trinajstić information content (AvgIpc) is 2.32. The van der Waals surface area contributed by atoms with E-state index >= 15 is 0 Å². The van der Waals surface area contributed by atoms with Crippen LogP contribution >= 0.6 is 15.9 Å². The maximum Gasteiger partial charge on any atom is 0.142 e. The number of nitrogens with two attached hydrogens (primary N) is 1. The molecule has 0 amide bonds. The molecular formula is C13H21BrN4. The maximum absolute atomic E-state index is 5.71. The van der Waals surface area contributed by atoms with Crippen molar-refractivity contribution in [3.05, 3.63) is 16.7 Å². The van der Waals surface area contributed by atoms with E-state index < -0.39 is 0 Å². The second-order valence-electron chi connectivity index (χ2n) is 5.20. The standard InChI is InChI=1S/C13H21BrN4/c1-17-5-3-10(4-6-17)9-18(2)13-12(14)7-11(15)8-16-13/h7-8,10H,3-6,9,15H2,1-2H3. The monoisotopic (exact) mass is 312 g/mol. The van der Waals surface area contributed by atoms with Gasteiger partial charge in [-0.15, -0.1) is 0 Å². The van der Waals surface area contributed by atoms with Gasteiger partial charge in [-0.05, 0) is 60.9 Å². The van der Waals surface area contributed by atoms with Crippen LogP contribution in [0.5, 0.6) is 0 Å².